The first-order valence-corrected chi connectivity index (χ1v) is 7.79. The normalized spacial score (nSPS) is 23.3. The Hall–Kier alpha value is -1.81. The third-order valence-corrected chi connectivity index (χ3v) is 4.45. The Kier molecular flexibility index (Phi) is 4.85. The second-order valence-corrected chi connectivity index (χ2v) is 7.28. The SMILES string of the molecule is CC1(C)CC(N=C(NC#N)Nc2ccc(Cl)cc2)C(C)(C)N1O. The summed E-state index contributed by atoms with van der Waals surface area (Å²) in [5.41, 5.74) is -0.143. The molecule has 0 spiro atoms. The Balaban J connectivity index is 2.25. The summed E-state index contributed by atoms with van der Waals surface area (Å²) in [5.74, 6) is 0.346. The van der Waals surface area contributed by atoms with Gasteiger partial charge in [0.25, 0.3) is 0 Å². The van der Waals surface area contributed by atoms with E-state index in [4.69, 9.17) is 16.9 Å². The van der Waals surface area contributed by atoms with E-state index in [0.29, 0.717) is 17.4 Å². The van der Waals surface area contributed by atoms with Crippen molar-refractivity contribution in [2.24, 2.45) is 4.99 Å². The minimum atomic E-state index is -0.534. The highest BCUT2D eigenvalue weighted by Gasteiger charge is 2.51. The van der Waals surface area contributed by atoms with E-state index in [0.717, 1.165) is 5.69 Å². The van der Waals surface area contributed by atoms with Gasteiger partial charge in [0.2, 0.25) is 5.96 Å². The minimum Gasteiger partial charge on any atom is -0.326 e. The first-order chi connectivity index (χ1) is 10.7. The Labute approximate surface area is 141 Å². The van der Waals surface area contributed by atoms with Crippen LogP contribution in [0.25, 0.3) is 0 Å². The molecule has 1 aliphatic heterocycles. The lowest BCUT2D eigenvalue weighted by Gasteiger charge is -2.35. The van der Waals surface area contributed by atoms with Gasteiger partial charge < -0.3 is 10.5 Å². The molecule has 1 aliphatic rings. The van der Waals surface area contributed by atoms with Crippen LogP contribution < -0.4 is 10.6 Å². The molecule has 124 valence electrons. The number of rotatable bonds is 2. The van der Waals surface area contributed by atoms with Gasteiger partial charge >= 0.3 is 0 Å². The van der Waals surface area contributed by atoms with Crippen molar-refractivity contribution in [2.45, 2.75) is 51.2 Å². The van der Waals surface area contributed by atoms with Crippen LogP contribution in [0.2, 0.25) is 5.02 Å². The van der Waals surface area contributed by atoms with Gasteiger partial charge in [-0.2, -0.15) is 10.3 Å². The second-order valence-electron chi connectivity index (χ2n) is 6.84. The molecule has 1 heterocycles. The molecule has 1 aromatic rings. The highest BCUT2D eigenvalue weighted by atomic mass is 35.5. The molecule has 0 saturated carbocycles. The van der Waals surface area contributed by atoms with Crippen LogP contribution in [0.5, 0.6) is 0 Å². The molecule has 0 radical (unpaired) electrons. The van der Waals surface area contributed by atoms with Crippen LogP contribution in [0.1, 0.15) is 34.1 Å². The highest BCUT2D eigenvalue weighted by molar-refractivity contribution is 6.30. The van der Waals surface area contributed by atoms with Crippen LogP contribution in [0.15, 0.2) is 29.3 Å². The molecule has 1 atom stereocenters. The van der Waals surface area contributed by atoms with E-state index in [1.54, 1.807) is 24.3 Å². The molecule has 0 amide bonds. The van der Waals surface area contributed by atoms with E-state index in [1.165, 1.54) is 5.06 Å². The maximum Gasteiger partial charge on any atom is 0.209 e. The molecule has 0 aromatic heterocycles. The van der Waals surface area contributed by atoms with E-state index in [1.807, 2.05) is 33.9 Å². The molecule has 0 aliphatic carbocycles. The quantitative estimate of drug-likeness (QED) is 0.334. The summed E-state index contributed by atoms with van der Waals surface area (Å²) in [5, 5.41) is 26.9. The Morgan fingerprint density at radius 3 is 2.43 bits per heavy atom. The number of aliphatic imine (C=N–C) groups is 1. The Morgan fingerprint density at radius 1 is 1.35 bits per heavy atom. The van der Waals surface area contributed by atoms with E-state index >= 15 is 0 Å². The van der Waals surface area contributed by atoms with Gasteiger partial charge in [-0.1, -0.05) is 11.6 Å². The maximum atomic E-state index is 10.4. The fraction of sp³-hybridized carbons (Fsp3) is 0.500. The summed E-state index contributed by atoms with van der Waals surface area (Å²) in [7, 11) is 0. The van der Waals surface area contributed by atoms with Crippen LogP contribution in [-0.4, -0.2) is 33.3 Å². The predicted molar refractivity (Wildman–Crippen MR) is 91.4 cm³/mol. The van der Waals surface area contributed by atoms with Gasteiger partial charge in [0, 0.05) is 16.2 Å². The van der Waals surface area contributed by atoms with Crippen LogP contribution >= 0.6 is 11.6 Å². The Bertz CT molecular complexity index is 633. The molecule has 1 aromatic carbocycles. The summed E-state index contributed by atoms with van der Waals surface area (Å²) < 4.78 is 0. The van der Waals surface area contributed by atoms with Gasteiger partial charge in [0.1, 0.15) is 0 Å². The molecule has 23 heavy (non-hydrogen) atoms. The predicted octanol–water partition coefficient (Wildman–Crippen LogP) is 3.20. The zero-order chi connectivity index (χ0) is 17.3. The zero-order valence-electron chi connectivity index (χ0n) is 13.8. The summed E-state index contributed by atoms with van der Waals surface area (Å²) in [6.45, 7) is 7.80. The van der Waals surface area contributed by atoms with Gasteiger partial charge in [-0.05, 0) is 58.4 Å². The molecular weight excluding hydrogens is 314 g/mol. The summed E-state index contributed by atoms with van der Waals surface area (Å²) in [6.07, 6.45) is 2.56. The van der Waals surface area contributed by atoms with E-state index in [9.17, 15) is 5.21 Å². The number of halogens is 1. The van der Waals surface area contributed by atoms with Crippen molar-refractivity contribution in [1.82, 2.24) is 10.4 Å². The number of nitriles is 1. The van der Waals surface area contributed by atoms with Gasteiger partial charge in [-0.25, -0.2) is 4.99 Å². The lowest BCUT2D eigenvalue weighted by atomic mass is 9.95. The third-order valence-electron chi connectivity index (χ3n) is 4.19. The molecule has 2 rings (SSSR count). The summed E-state index contributed by atoms with van der Waals surface area (Å²) in [6, 6.07) is 6.95. The van der Waals surface area contributed by atoms with Crippen molar-refractivity contribution < 1.29 is 5.21 Å². The van der Waals surface area contributed by atoms with Crippen molar-refractivity contribution in [3.05, 3.63) is 29.3 Å². The number of benzene rings is 1. The molecule has 3 N–H and O–H groups in total. The van der Waals surface area contributed by atoms with Crippen LogP contribution in [-0.2, 0) is 0 Å². The third kappa shape index (κ3) is 3.75. The topological polar surface area (TPSA) is 83.7 Å². The van der Waals surface area contributed by atoms with Crippen molar-refractivity contribution in [1.29, 1.82) is 5.26 Å². The van der Waals surface area contributed by atoms with Gasteiger partial charge in [0.05, 0.1) is 11.6 Å². The first-order valence-electron chi connectivity index (χ1n) is 7.41. The fourth-order valence-corrected chi connectivity index (χ4v) is 3.03. The number of nitrogens with zero attached hydrogens (tertiary/aromatic N) is 3. The summed E-state index contributed by atoms with van der Waals surface area (Å²) in [4.78, 5) is 4.62. The van der Waals surface area contributed by atoms with Gasteiger partial charge in [-0.15, -0.1) is 0 Å². The Morgan fingerprint density at radius 2 is 1.96 bits per heavy atom. The van der Waals surface area contributed by atoms with E-state index in [-0.39, 0.29) is 11.6 Å². The van der Waals surface area contributed by atoms with Crippen molar-refractivity contribution in [3.8, 4) is 6.19 Å². The zero-order valence-corrected chi connectivity index (χ0v) is 14.5. The molecular formula is C16H22ClN5O. The lowest BCUT2D eigenvalue weighted by Crippen LogP contribution is -2.48. The molecule has 1 unspecified atom stereocenters. The average molecular weight is 336 g/mol. The van der Waals surface area contributed by atoms with Crippen LogP contribution in [0.4, 0.5) is 5.69 Å². The van der Waals surface area contributed by atoms with Crippen LogP contribution in [0.3, 0.4) is 0 Å². The number of hydrogen-bond acceptors (Lipinski definition) is 4. The van der Waals surface area contributed by atoms with Gasteiger partial charge in [0.15, 0.2) is 6.19 Å². The summed E-state index contributed by atoms with van der Waals surface area (Å²) >= 11 is 5.87. The first kappa shape index (κ1) is 17.5. The molecule has 7 heteroatoms. The number of nitrogens with one attached hydrogen (secondary N) is 2. The van der Waals surface area contributed by atoms with Crippen molar-refractivity contribution in [3.63, 3.8) is 0 Å². The molecule has 1 fully saturated rings. The second kappa shape index (κ2) is 6.36. The number of anilines is 1. The highest BCUT2D eigenvalue weighted by Crippen LogP contribution is 2.40. The minimum absolute atomic E-state index is 0.168. The average Bonchev–Trinajstić information content (AvgIpc) is 2.62. The fourth-order valence-electron chi connectivity index (χ4n) is 2.91. The van der Waals surface area contributed by atoms with Crippen molar-refractivity contribution >= 4 is 23.2 Å². The largest absolute Gasteiger partial charge is 0.326 e. The number of hydroxylamine groups is 2. The molecule has 6 nitrogen and oxygen atoms in total. The van der Waals surface area contributed by atoms with Crippen LogP contribution in [0, 0.1) is 11.5 Å². The number of hydrogen-bond donors (Lipinski definition) is 3. The lowest BCUT2D eigenvalue weighted by molar-refractivity contribution is -0.193. The van der Waals surface area contributed by atoms with Gasteiger partial charge in [-0.3, -0.25) is 5.32 Å². The maximum absolute atomic E-state index is 10.4. The molecule has 1 saturated heterocycles. The molecule has 0 bridgehead atoms. The van der Waals surface area contributed by atoms with E-state index in [2.05, 4.69) is 15.6 Å². The van der Waals surface area contributed by atoms with Crippen molar-refractivity contribution in [2.75, 3.05) is 5.32 Å². The monoisotopic (exact) mass is 335 g/mol. The standard InChI is InChI=1S/C16H22ClN5O/c1-15(2)9-13(16(3,4)22(15)23)21-14(19-10-18)20-12-7-5-11(17)6-8-12/h5-8,13,23H,9H2,1-4H3,(H2,19,20,21). The van der Waals surface area contributed by atoms with E-state index < -0.39 is 5.54 Å². The number of guanidine groups is 1. The smallest absolute Gasteiger partial charge is 0.209 e.